The Bertz CT molecular complexity index is 352. The van der Waals surface area contributed by atoms with Crippen molar-refractivity contribution in [3.63, 3.8) is 0 Å². The number of hydrogen-bond acceptors (Lipinski definition) is 2. The van der Waals surface area contributed by atoms with Crippen LogP contribution in [0.4, 0.5) is 17.6 Å². The quantitative estimate of drug-likeness (QED) is 0.823. The lowest BCUT2D eigenvalue weighted by Crippen LogP contribution is -2.45. The summed E-state index contributed by atoms with van der Waals surface area (Å²) >= 11 is 1.32. The number of hydrogen-bond donors (Lipinski definition) is 1. The van der Waals surface area contributed by atoms with Crippen molar-refractivity contribution in [1.82, 2.24) is 5.32 Å². The van der Waals surface area contributed by atoms with Gasteiger partial charge in [0.25, 0.3) is 5.91 Å². The fraction of sp³-hybridized carbons (Fsp3) is 0.444. The molecular weight excluding hydrogens is 246 g/mol. The van der Waals surface area contributed by atoms with E-state index in [9.17, 15) is 22.4 Å². The molecule has 1 rings (SSSR count). The lowest BCUT2D eigenvalue weighted by Gasteiger charge is -2.18. The number of amides is 1. The maximum Gasteiger partial charge on any atom is 0.383 e. The molecule has 1 N–H and O–H groups in total. The van der Waals surface area contributed by atoms with Crippen molar-refractivity contribution in [1.29, 1.82) is 0 Å². The number of rotatable bonds is 4. The first-order valence-corrected chi connectivity index (χ1v) is 5.29. The molecule has 0 radical (unpaired) electrons. The molecule has 1 aromatic rings. The normalized spacial score (nSPS) is 13.9. The minimum atomic E-state index is -4.65. The highest BCUT2D eigenvalue weighted by Crippen LogP contribution is 2.24. The van der Waals surface area contributed by atoms with Crippen molar-refractivity contribution in [2.45, 2.75) is 25.3 Å². The standard InChI is InChI=1S/C9H9F4NOS/c1-5(6-2-3-16-4-6)14-8(15)9(12,13)7(10)11/h2-5,7H,1H3,(H,14,15). The molecule has 90 valence electrons. The van der Waals surface area contributed by atoms with Crippen LogP contribution in [0.1, 0.15) is 18.5 Å². The summed E-state index contributed by atoms with van der Waals surface area (Å²) in [5.41, 5.74) is 0.600. The molecule has 7 heteroatoms. The minimum Gasteiger partial charge on any atom is -0.344 e. The number of halogens is 4. The molecule has 0 saturated heterocycles. The Balaban J connectivity index is 2.65. The van der Waals surface area contributed by atoms with Crippen LogP contribution >= 0.6 is 11.3 Å². The molecule has 0 fully saturated rings. The van der Waals surface area contributed by atoms with E-state index in [0.29, 0.717) is 5.56 Å². The summed E-state index contributed by atoms with van der Waals surface area (Å²) in [5.74, 6) is -6.61. The zero-order valence-electron chi connectivity index (χ0n) is 8.22. The minimum absolute atomic E-state index is 0.600. The zero-order chi connectivity index (χ0) is 12.3. The Kier molecular flexibility index (Phi) is 3.90. The Morgan fingerprint density at radius 3 is 2.56 bits per heavy atom. The highest BCUT2D eigenvalue weighted by atomic mass is 32.1. The van der Waals surface area contributed by atoms with Crippen molar-refractivity contribution in [2.75, 3.05) is 0 Å². The summed E-state index contributed by atoms with van der Waals surface area (Å²) in [6.07, 6.45) is -4.00. The van der Waals surface area contributed by atoms with Gasteiger partial charge in [-0.3, -0.25) is 4.79 Å². The van der Waals surface area contributed by atoms with E-state index < -0.39 is 24.3 Å². The lowest BCUT2D eigenvalue weighted by atomic mass is 10.1. The smallest absolute Gasteiger partial charge is 0.344 e. The van der Waals surface area contributed by atoms with Gasteiger partial charge in [0.15, 0.2) is 0 Å². The van der Waals surface area contributed by atoms with Gasteiger partial charge in [-0.1, -0.05) is 0 Å². The van der Waals surface area contributed by atoms with Crippen LogP contribution in [-0.2, 0) is 4.79 Å². The summed E-state index contributed by atoms with van der Waals surface area (Å²) < 4.78 is 48.9. The Morgan fingerprint density at radius 1 is 1.50 bits per heavy atom. The maximum atomic E-state index is 12.6. The van der Waals surface area contributed by atoms with Crippen molar-refractivity contribution in [3.8, 4) is 0 Å². The molecule has 2 nitrogen and oxygen atoms in total. The van der Waals surface area contributed by atoms with Gasteiger partial charge in [0.1, 0.15) is 0 Å². The highest BCUT2D eigenvalue weighted by molar-refractivity contribution is 7.07. The van der Waals surface area contributed by atoms with E-state index in [-0.39, 0.29) is 0 Å². The fourth-order valence-corrected chi connectivity index (χ4v) is 1.75. The SMILES string of the molecule is CC(NC(=O)C(F)(F)C(F)F)c1ccsc1. The van der Waals surface area contributed by atoms with Gasteiger partial charge < -0.3 is 5.32 Å². The van der Waals surface area contributed by atoms with Crippen LogP contribution < -0.4 is 5.32 Å². The van der Waals surface area contributed by atoms with Gasteiger partial charge in [0, 0.05) is 0 Å². The Morgan fingerprint density at radius 2 is 2.12 bits per heavy atom. The van der Waals surface area contributed by atoms with E-state index in [1.165, 1.54) is 18.3 Å². The van der Waals surface area contributed by atoms with Crippen LogP contribution in [0.5, 0.6) is 0 Å². The number of carbonyl (C=O) groups is 1. The Hall–Kier alpha value is -1.11. The van der Waals surface area contributed by atoms with Gasteiger partial charge in [-0.15, -0.1) is 0 Å². The van der Waals surface area contributed by atoms with Gasteiger partial charge in [-0.2, -0.15) is 20.1 Å². The van der Waals surface area contributed by atoms with Crippen molar-refractivity contribution in [2.24, 2.45) is 0 Å². The van der Waals surface area contributed by atoms with Crippen LogP contribution in [-0.4, -0.2) is 18.3 Å². The summed E-state index contributed by atoms with van der Waals surface area (Å²) in [6.45, 7) is 1.45. The maximum absolute atomic E-state index is 12.6. The molecule has 0 bridgehead atoms. The van der Waals surface area contributed by atoms with E-state index in [2.05, 4.69) is 0 Å². The largest absolute Gasteiger partial charge is 0.383 e. The molecule has 1 heterocycles. The molecular formula is C9H9F4NOS. The van der Waals surface area contributed by atoms with Crippen molar-refractivity contribution < 1.29 is 22.4 Å². The number of alkyl halides is 4. The molecule has 0 spiro atoms. The van der Waals surface area contributed by atoms with E-state index in [1.807, 2.05) is 5.32 Å². The second kappa shape index (κ2) is 4.82. The summed E-state index contributed by atoms with van der Waals surface area (Å²) in [7, 11) is 0. The van der Waals surface area contributed by atoms with Gasteiger partial charge in [0.05, 0.1) is 6.04 Å². The van der Waals surface area contributed by atoms with Crippen LogP contribution in [0.15, 0.2) is 16.8 Å². The predicted molar refractivity (Wildman–Crippen MR) is 51.8 cm³/mol. The first-order chi connectivity index (χ1) is 7.35. The van der Waals surface area contributed by atoms with Gasteiger partial charge in [-0.05, 0) is 29.3 Å². The third-order valence-electron chi connectivity index (χ3n) is 1.97. The van der Waals surface area contributed by atoms with Gasteiger partial charge in [0.2, 0.25) is 0 Å². The average Bonchev–Trinajstić information content (AvgIpc) is 2.69. The lowest BCUT2D eigenvalue weighted by molar-refractivity contribution is -0.170. The second-order valence-corrected chi connectivity index (χ2v) is 3.96. The number of thiophene rings is 1. The first kappa shape index (κ1) is 13.0. The molecule has 1 unspecified atom stereocenters. The molecule has 0 aliphatic carbocycles. The van der Waals surface area contributed by atoms with E-state index in [0.717, 1.165) is 0 Å². The van der Waals surface area contributed by atoms with E-state index in [4.69, 9.17) is 0 Å². The summed E-state index contributed by atoms with van der Waals surface area (Å²) in [6, 6.07) is 0.902. The van der Waals surface area contributed by atoms with E-state index in [1.54, 1.807) is 16.8 Å². The van der Waals surface area contributed by atoms with Crippen molar-refractivity contribution >= 4 is 17.2 Å². The third kappa shape index (κ3) is 2.72. The van der Waals surface area contributed by atoms with E-state index >= 15 is 0 Å². The number of nitrogens with one attached hydrogen (secondary N) is 1. The molecule has 0 aliphatic rings. The predicted octanol–water partition coefficient (Wildman–Crippen LogP) is 2.83. The second-order valence-electron chi connectivity index (χ2n) is 3.18. The molecule has 0 saturated carbocycles. The van der Waals surface area contributed by atoms with Crippen LogP contribution in [0.3, 0.4) is 0 Å². The molecule has 16 heavy (non-hydrogen) atoms. The zero-order valence-corrected chi connectivity index (χ0v) is 9.03. The van der Waals surface area contributed by atoms with Crippen LogP contribution in [0.2, 0.25) is 0 Å². The monoisotopic (exact) mass is 255 g/mol. The summed E-state index contributed by atoms with van der Waals surface area (Å²) in [4.78, 5) is 10.9. The molecule has 1 amide bonds. The highest BCUT2D eigenvalue weighted by Gasteiger charge is 2.49. The molecule has 0 aliphatic heterocycles. The Labute approximate surface area is 93.3 Å². The summed E-state index contributed by atoms with van der Waals surface area (Å²) in [5, 5.41) is 5.18. The van der Waals surface area contributed by atoms with Crippen LogP contribution in [0, 0.1) is 0 Å². The molecule has 0 aromatic carbocycles. The molecule has 1 atom stereocenters. The average molecular weight is 255 g/mol. The fourth-order valence-electron chi connectivity index (χ4n) is 0.997. The number of carbonyl (C=O) groups excluding carboxylic acids is 1. The van der Waals surface area contributed by atoms with Gasteiger partial charge >= 0.3 is 12.3 Å². The van der Waals surface area contributed by atoms with Gasteiger partial charge in [-0.25, -0.2) is 8.78 Å². The first-order valence-electron chi connectivity index (χ1n) is 4.34. The topological polar surface area (TPSA) is 29.1 Å². The third-order valence-corrected chi connectivity index (χ3v) is 2.67. The molecule has 1 aromatic heterocycles. The van der Waals surface area contributed by atoms with Crippen LogP contribution in [0.25, 0.3) is 0 Å². The van der Waals surface area contributed by atoms with Crippen molar-refractivity contribution in [3.05, 3.63) is 22.4 Å².